The molecule has 1 atom stereocenters. The standard InChI is InChI=1S/C10H14.CH2O3/c1-3-9(2)10-7-5-4-6-8-10;2-1(3)4/h4-9H,3H2,1-2H3;(H2,2,3,4). The number of carbonyl (C=O) groups is 1. The molecule has 1 aromatic rings. The van der Waals surface area contributed by atoms with Crippen molar-refractivity contribution in [2.24, 2.45) is 0 Å². The molecule has 0 saturated heterocycles. The Kier molecular flexibility index (Phi) is 6.20. The topological polar surface area (TPSA) is 57.5 Å². The smallest absolute Gasteiger partial charge is 0.450 e. The third kappa shape index (κ3) is 6.06. The lowest BCUT2D eigenvalue weighted by atomic mass is 9.99. The lowest BCUT2D eigenvalue weighted by Gasteiger charge is -2.06. The van der Waals surface area contributed by atoms with Crippen molar-refractivity contribution in [1.29, 1.82) is 0 Å². The van der Waals surface area contributed by atoms with Crippen molar-refractivity contribution in [3.63, 3.8) is 0 Å². The highest BCUT2D eigenvalue weighted by atomic mass is 16.6. The average Bonchev–Trinajstić information content (AvgIpc) is 2.17. The summed E-state index contributed by atoms with van der Waals surface area (Å²) in [5, 5.41) is 13.9. The Morgan fingerprint density at radius 1 is 1.29 bits per heavy atom. The molecule has 1 aromatic carbocycles. The Hall–Kier alpha value is -1.51. The second-order valence-corrected chi connectivity index (χ2v) is 3.00. The van der Waals surface area contributed by atoms with Crippen LogP contribution in [0, 0.1) is 0 Å². The summed E-state index contributed by atoms with van der Waals surface area (Å²) in [5.74, 6) is 0.709. The van der Waals surface area contributed by atoms with Gasteiger partial charge in [-0.25, -0.2) is 4.79 Å². The third-order valence-corrected chi connectivity index (χ3v) is 1.98. The monoisotopic (exact) mass is 196 g/mol. The molecule has 0 radical (unpaired) electrons. The largest absolute Gasteiger partial charge is 0.503 e. The maximum absolute atomic E-state index is 8.56. The fourth-order valence-corrected chi connectivity index (χ4v) is 1.02. The van der Waals surface area contributed by atoms with E-state index in [0.29, 0.717) is 5.92 Å². The van der Waals surface area contributed by atoms with Gasteiger partial charge in [0.05, 0.1) is 0 Å². The van der Waals surface area contributed by atoms with Gasteiger partial charge in [0.2, 0.25) is 0 Å². The van der Waals surface area contributed by atoms with Crippen LogP contribution in [0.3, 0.4) is 0 Å². The Morgan fingerprint density at radius 2 is 1.71 bits per heavy atom. The molecule has 14 heavy (non-hydrogen) atoms. The molecule has 78 valence electrons. The molecule has 3 nitrogen and oxygen atoms in total. The summed E-state index contributed by atoms with van der Waals surface area (Å²) < 4.78 is 0. The fraction of sp³-hybridized carbons (Fsp3) is 0.364. The van der Waals surface area contributed by atoms with Crippen molar-refractivity contribution in [3.05, 3.63) is 35.9 Å². The minimum absolute atomic E-state index is 0.709. The summed E-state index contributed by atoms with van der Waals surface area (Å²) in [4.78, 5) is 8.56. The molecule has 0 aliphatic rings. The van der Waals surface area contributed by atoms with Crippen LogP contribution in [0.15, 0.2) is 30.3 Å². The summed E-state index contributed by atoms with van der Waals surface area (Å²) in [6, 6.07) is 10.6. The molecule has 0 aliphatic carbocycles. The van der Waals surface area contributed by atoms with E-state index < -0.39 is 6.16 Å². The second kappa shape index (κ2) is 6.95. The number of benzene rings is 1. The molecule has 0 saturated carbocycles. The average molecular weight is 196 g/mol. The lowest BCUT2D eigenvalue weighted by molar-refractivity contribution is 0.137. The first kappa shape index (κ1) is 12.5. The summed E-state index contributed by atoms with van der Waals surface area (Å²) in [6.07, 6.45) is -0.607. The molecule has 0 fully saturated rings. The first-order valence-corrected chi connectivity index (χ1v) is 4.54. The number of hydrogen-bond acceptors (Lipinski definition) is 1. The highest BCUT2D eigenvalue weighted by Gasteiger charge is 1.98. The zero-order valence-electron chi connectivity index (χ0n) is 8.47. The quantitative estimate of drug-likeness (QED) is 0.761. The van der Waals surface area contributed by atoms with E-state index in [-0.39, 0.29) is 0 Å². The summed E-state index contributed by atoms with van der Waals surface area (Å²) in [5.41, 5.74) is 1.45. The summed E-state index contributed by atoms with van der Waals surface area (Å²) in [6.45, 7) is 4.48. The first-order chi connectivity index (χ1) is 6.57. The van der Waals surface area contributed by atoms with Gasteiger partial charge in [-0.1, -0.05) is 44.2 Å². The van der Waals surface area contributed by atoms with Gasteiger partial charge in [0, 0.05) is 0 Å². The van der Waals surface area contributed by atoms with Crippen molar-refractivity contribution < 1.29 is 15.0 Å². The molecule has 0 bridgehead atoms. The molecule has 2 N–H and O–H groups in total. The molecule has 0 spiro atoms. The zero-order valence-corrected chi connectivity index (χ0v) is 8.47. The highest BCUT2D eigenvalue weighted by molar-refractivity contribution is 5.53. The van der Waals surface area contributed by atoms with Gasteiger partial charge < -0.3 is 10.2 Å². The van der Waals surface area contributed by atoms with Gasteiger partial charge in [-0.3, -0.25) is 0 Å². The van der Waals surface area contributed by atoms with Crippen molar-refractivity contribution in [3.8, 4) is 0 Å². The van der Waals surface area contributed by atoms with E-state index in [1.54, 1.807) is 0 Å². The molecule has 3 heteroatoms. The summed E-state index contributed by atoms with van der Waals surface area (Å²) >= 11 is 0. The maximum Gasteiger partial charge on any atom is 0.503 e. The van der Waals surface area contributed by atoms with E-state index in [2.05, 4.69) is 44.2 Å². The molecule has 1 unspecified atom stereocenters. The van der Waals surface area contributed by atoms with Gasteiger partial charge in [-0.2, -0.15) is 0 Å². The Morgan fingerprint density at radius 3 is 2.07 bits per heavy atom. The molecule has 0 aromatic heterocycles. The van der Waals surface area contributed by atoms with Crippen LogP contribution in [0.5, 0.6) is 0 Å². The van der Waals surface area contributed by atoms with Crippen LogP contribution >= 0.6 is 0 Å². The molecular weight excluding hydrogens is 180 g/mol. The Balaban J connectivity index is 0.000000364. The van der Waals surface area contributed by atoms with Crippen LogP contribution in [0.4, 0.5) is 4.79 Å². The van der Waals surface area contributed by atoms with Gasteiger partial charge in [0.15, 0.2) is 0 Å². The van der Waals surface area contributed by atoms with Crippen LogP contribution in [0.2, 0.25) is 0 Å². The summed E-state index contributed by atoms with van der Waals surface area (Å²) in [7, 11) is 0. The van der Waals surface area contributed by atoms with Crippen molar-refractivity contribution in [2.45, 2.75) is 26.2 Å². The van der Waals surface area contributed by atoms with Gasteiger partial charge in [-0.05, 0) is 17.9 Å². The Labute approximate surface area is 84.0 Å². The van der Waals surface area contributed by atoms with Crippen LogP contribution in [-0.2, 0) is 0 Å². The van der Waals surface area contributed by atoms with E-state index in [0.717, 1.165) is 0 Å². The number of carboxylic acid groups (broad SMARTS) is 2. The van der Waals surface area contributed by atoms with Crippen molar-refractivity contribution >= 4 is 6.16 Å². The van der Waals surface area contributed by atoms with E-state index in [1.165, 1.54) is 12.0 Å². The van der Waals surface area contributed by atoms with Crippen molar-refractivity contribution in [1.82, 2.24) is 0 Å². The van der Waals surface area contributed by atoms with Crippen LogP contribution < -0.4 is 0 Å². The van der Waals surface area contributed by atoms with Crippen LogP contribution in [-0.4, -0.2) is 16.4 Å². The van der Waals surface area contributed by atoms with E-state index in [1.807, 2.05) is 0 Å². The normalized spacial score (nSPS) is 11.0. The van der Waals surface area contributed by atoms with Crippen LogP contribution in [0.25, 0.3) is 0 Å². The molecule has 0 aliphatic heterocycles. The number of rotatable bonds is 2. The molecular formula is C11H16O3. The van der Waals surface area contributed by atoms with Gasteiger partial charge >= 0.3 is 6.16 Å². The maximum atomic E-state index is 8.56. The van der Waals surface area contributed by atoms with Gasteiger partial charge in [-0.15, -0.1) is 0 Å². The number of hydrogen-bond donors (Lipinski definition) is 2. The minimum Gasteiger partial charge on any atom is -0.450 e. The van der Waals surface area contributed by atoms with Gasteiger partial charge in [0.25, 0.3) is 0 Å². The molecule has 0 amide bonds. The van der Waals surface area contributed by atoms with Crippen molar-refractivity contribution in [2.75, 3.05) is 0 Å². The predicted octanol–water partition coefficient (Wildman–Crippen LogP) is 3.42. The molecule has 0 heterocycles. The second-order valence-electron chi connectivity index (χ2n) is 3.00. The first-order valence-electron chi connectivity index (χ1n) is 4.54. The van der Waals surface area contributed by atoms with Crippen LogP contribution in [0.1, 0.15) is 31.7 Å². The molecule has 1 rings (SSSR count). The highest BCUT2D eigenvalue weighted by Crippen LogP contribution is 2.16. The fourth-order valence-electron chi connectivity index (χ4n) is 1.02. The predicted molar refractivity (Wildman–Crippen MR) is 55.8 cm³/mol. The Bertz CT molecular complexity index is 252. The third-order valence-electron chi connectivity index (χ3n) is 1.98. The lowest BCUT2D eigenvalue weighted by Crippen LogP contribution is -1.88. The van der Waals surface area contributed by atoms with E-state index in [9.17, 15) is 0 Å². The minimum atomic E-state index is -1.83. The zero-order chi connectivity index (χ0) is 11.0. The van der Waals surface area contributed by atoms with Gasteiger partial charge in [0.1, 0.15) is 0 Å². The van der Waals surface area contributed by atoms with E-state index >= 15 is 0 Å². The van der Waals surface area contributed by atoms with E-state index in [4.69, 9.17) is 15.0 Å². The SMILES string of the molecule is CCC(C)c1ccccc1.O=C(O)O.